The summed E-state index contributed by atoms with van der Waals surface area (Å²) in [7, 11) is 2.58. The molecule has 0 radical (unpaired) electrons. The highest BCUT2D eigenvalue weighted by atomic mass is 35.5. The van der Waals surface area contributed by atoms with E-state index < -0.39 is 18.0 Å². The molecule has 1 aromatic heterocycles. The van der Waals surface area contributed by atoms with E-state index in [1.54, 1.807) is 0 Å². The molecule has 0 bridgehead atoms. The zero-order valence-corrected chi connectivity index (χ0v) is 15.8. The lowest BCUT2D eigenvalue weighted by molar-refractivity contribution is -0.141. The molecule has 1 heterocycles. The Balaban J connectivity index is 1.93. The van der Waals surface area contributed by atoms with Gasteiger partial charge in [-0.2, -0.15) is 0 Å². The second-order valence-electron chi connectivity index (χ2n) is 6.27. The first-order chi connectivity index (χ1) is 13.0. The van der Waals surface area contributed by atoms with E-state index >= 15 is 0 Å². The van der Waals surface area contributed by atoms with E-state index in [2.05, 4.69) is 15.3 Å². The molecule has 0 aliphatic heterocycles. The fraction of sp³-hybridized carbons (Fsp3) is 0.368. The first-order valence-electron chi connectivity index (χ1n) is 8.57. The van der Waals surface area contributed by atoms with Crippen LogP contribution in [0.2, 0.25) is 5.02 Å². The Hall–Kier alpha value is -2.67. The van der Waals surface area contributed by atoms with Gasteiger partial charge in [-0.15, -0.1) is 0 Å². The van der Waals surface area contributed by atoms with Gasteiger partial charge in [0.25, 0.3) is 0 Å². The second-order valence-corrected chi connectivity index (χ2v) is 6.65. The van der Waals surface area contributed by atoms with Crippen LogP contribution in [-0.4, -0.2) is 42.2 Å². The van der Waals surface area contributed by atoms with Gasteiger partial charge in [-0.25, -0.2) is 19.6 Å². The quantitative estimate of drug-likeness (QED) is 0.728. The lowest BCUT2D eigenvalue weighted by Gasteiger charge is -2.19. The van der Waals surface area contributed by atoms with Crippen LogP contribution < -0.4 is 5.32 Å². The summed E-state index contributed by atoms with van der Waals surface area (Å²) >= 11 is 6.33. The molecule has 1 aliphatic rings. The Kier molecular flexibility index (Phi) is 5.91. The molecule has 1 aromatic carbocycles. The van der Waals surface area contributed by atoms with Crippen molar-refractivity contribution in [2.75, 3.05) is 19.5 Å². The van der Waals surface area contributed by atoms with Crippen LogP contribution in [0.1, 0.15) is 40.6 Å². The van der Waals surface area contributed by atoms with Gasteiger partial charge < -0.3 is 14.8 Å². The number of methoxy groups -OCH3 is 2. The summed E-state index contributed by atoms with van der Waals surface area (Å²) in [5, 5.41) is 3.05. The Morgan fingerprint density at radius 2 is 1.89 bits per heavy atom. The van der Waals surface area contributed by atoms with Gasteiger partial charge in [-0.1, -0.05) is 41.9 Å². The fourth-order valence-electron chi connectivity index (χ4n) is 2.67. The number of halogens is 1. The van der Waals surface area contributed by atoms with Gasteiger partial charge in [0, 0.05) is 12.3 Å². The van der Waals surface area contributed by atoms with E-state index in [-0.39, 0.29) is 22.5 Å². The van der Waals surface area contributed by atoms with Gasteiger partial charge in [-0.05, 0) is 18.4 Å². The number of carbonyl (C=O) groups is 2. The topological polar surface area (TPSA) is 90.4 Å². The van der Waals surface area contributed by atoms with E-state index in [1.165, 1.54) is 14.2 Å². The van der Waals surface area contributed by atoms with Crippen LogP contribution in [0.15, 0.2) is 30.3 Å². The lowest BCUT2D eigenvalue weighted by Crippen LogP contribution is -2.33. The van der Waals surface area contributed by atoms with Crippen molar-refractivity contribution in [2.24, 2.45) is 0 Å². The molecular formula is C19H20ClN3O4. The van der Waals surface area contributed by atoms with Gasteiger partial charge in [-0.3, -0.25) is 0 Å². The number of hydrogen-bond donors (Lipinski definition) is 1. The predicted molar refractivity (Wildman–Crippen MR) is 99.9 cm³/mol. The van der Waals surface area contributed by atoms with E-state index in [4.69, 9.17) is 21.1 Å². The van der Waals surface area contributed by atoms with Crippen molar-refractivity contribution in [3.05, 3.63) is 52.4 Å². The summed E-state index contributed by atoms with van der Waals surface area (Å²) in [4.78, 5) is 33.0. The van der Waals surface area contributed by atoms with Crippen LogP contribution in [-0.2, 0) is 20.7 Å². The maximum atomic E-state index is 12.3. The number of ether oxygens (including phenoxy) is 2. The second kappa shape index (κ2) is 8.35. The monoisotopic (exact) mass is 389 g/mol. The van der Waals surface area contributed by atoms with Gasteiger partial charge >= 0.3 is 11.9 Å². The number of carbonyl (C=O) groups excluding carboxylic acids is 2. The van der Waals surface area contributed by atoms with Crippen LogP contribution in [0.4, 0.5) is 5.82 Å². The van der Waals surface area contributed by atoms with Crippen molar-refractivity contribution >= 4 is 29.4 Å². The maximum absolute atomic E-state index is 12.3. The molecule has 1 N–H and O–H groups in total. The van der Waals surface area contributed by atoms with E-state index in [0.717, 1.165) is 18.4 Å². The summed E-state index contributed by atoms with van der Waals surface area (Å²) < 4.78 is 9.67. The summed E-state index contributed by atoms with van der Waals surface area (Å²) in [6.07, 6.45) is 2.28. The number of nitrogens with zero attached hydrogens (tertiary/aromatic N) is 2. The number of rotatable bonds is 7. The minimum Gasteiger partial charge on any atom is -0.467 e. The molecule has 0 spiro atoms. The standard InChI is InChI=1S/C19H20ClN3O4/c1-26-18(24)13(10-11-6-4-3-5-7-11)21-17-14(20)15(19(25)27-2)22-16(23-17)12-8-9-12/h3-7,12-13H,8-10H2,1-2H3,(H,21,22,23). The maximum Gasteiger partial charge on any atom is 0.358 e. The Morgan fingerprint density at radius 1 is 1.19 bits per heavy atom. The summed E-state index contributed by atoms with van der Waals surface area (Å²) in [6, 6.07) is 8.78. The van der Waals surface area contributed by atoms with Crippen molar-refractivity contribution in [3.8, 4) is 0 Å². The Bertz CT molecular complexity index is 840. The van der Waals surface area contributed by atoms with Crippen LogP contribution in [0.5, 0.6) is 0 Å². The minimum atomic E-state index is -0.720. The van der Waals surface area contributed by atoms with Crippen molar-refractivity contribution in [3.63, 3.8) is 0 Å². The van der Waals surface area contributed by atoms with Gasteiger partial charge in [0.15, 0.2) is 5.69 Å². The third-order valence-electron chi connectivity index (χ3n) is 4.27. The van der Waals surface area contributed by atoms with E-state index in [9.17, 15) is 9.59 Å². The SMILES string of the molecule is COC(=O)c1nc(C2CC2)nc(NC(Cc2ccccc2)C(=O)OC)c1Cl. The van der Waals surface area contributed by atoms with E-state index in [1.807, 2.05) is 30.3 Å². The Labute approximate surface area is 162 Å². The number of hydrogen-bond acceptors (Lipinski definition) is 7. The van der Waals surface area contributed by atoms with E-state index in [0.29, 0.717) is 12.2 Å². The number of nitrogens with one attached hydrogen (secondary N) is 1. The molecule has 0 saturated heterocycles. The van der Waals surface area contributed by atoms with Crippen molar-refractivity contribution in [2.45, 2.75) is 31.2 Å². The third-order valence-corrected chi connectivity index (χ3v) is 4.63. The molecular weight excluding hydrogens is 370 g/mol. The average molecular weight is 390 g/mol. The number of aromatic nitrogens is 2. The number of esters is 2. The normalized spacial score (nSPS) is 14.3. The van der Waals surface area contributed by atoms with Gasteiger partial charge in [0.2, 0.25) is 0 Å². The van der Waals surface area contributed by atoms with Crippen molar-refractivity contribution in [1.29, 1.82) is 0 Å². The Morgan fingerprint density at radius 3 is 2.48 bits per heavy atom. The predicted octanol–water partition coefficient (Wildman–Crippen LogP) is 2.99. The van der Waals surface area contributed by atoms with Gasteiger partial charge in [0.1, 0.15) is 22.7 Å². The first-order valence-corrected chi connectivity index (χ1v) is 8.95. The summed E-state index contributed by atoms with van der Waals surface area (Å²) in [6.45, 7) is 0. The number of anilines is 1. The van der Waals surface area contributed by atoms with Crippen LogP contribution in [0.3, 0.4) is 0 Å². The molecule has 8 heteroatoms. The van der Waals surface area contributed by atoms with Crippen LogP contribution in [0.25, 0.3) is 0 Å². The third kappa shape index (κ3) is 4.54. The summed E-state index contributed by atoms with van der Waals surface area (Å²) in [5.41, 5.74) is 0.933. The fourth-order valence-corrected chi connectivity index (χ4v) is 2.88. The van der Waals surface area contributed by atoms with Crippen LogP contribution >= 0.6 is 11.6 Å². The zero-order valence-electron chi connectivity index (χ0n) is 15.1. The first kappa shape index (κ1) is 19.1. The lowest BCUT2D eigenvalue weighted by atomic mass is 10.1. The van der Waals surface area contributed by atoms with Crippen molar-refractivity contribution in [1.82, 2.24) is 9.97 Å². The molecule has 0 amide bonds. The molecule has 1 saturated carbocycles. The smallest absolute Gasteiger partial charge is 0.358 e. The van der Waals surface area contributed by atoms with Gasteiger partial charge in [0.05, 0.1) is 14.2 Å². The highest BCUT2D eigenvalue weighted by Crippen LogP contribution is 2.39. The molecule has 3 rings (SSSR count). The average Bonchev–Trinajstić information content (AvgIpc) is 3.53. The molecule has 27 heavy (non-hydrogen) atoms. The summed E-state index contributed by atoms with van der Waals surface area (Å²) in [5.74, 6) is -0.172. The largest absolute Gasteiger partial charge is 0.467 e. The number of benzene rings is 1. The molecule has 142 valence electrons. The molecule has 1 fully saturated rings. The van der Waals surface area contributed by atoms with Crippen molar-refractivity contribution < 1.29 is 19.1 Å². The molecule has 2 aromatic rings. The molecule has 1 aliphatic carbocycles. The van der Waals surface area contributed by atoms with Crippen LogP contribution in [0, 0.1) is 0 Å². The minimum absolute atomic E-state index is 0.0121. The highest BCUT2D eigenvalue weighted by molar-refractivity contribution is 6.35. The molecule has 1 unspecified atom stereocenters. The molecule has 1 atom stereocenters. The zero-order chi connectivity index (χ0) is 19.4. The highest BCUT2D eigenvalue weighted by Gasteiger charge is 2.31. The molecule has 7 nitrogen and oxygen atoms in total.